The number of rotatable bonds is 0. The molecule has 0 atom stereocenters. The van der Waals surface area contributed by atoms with Crippen molar-refractivity contribution in [2.75, 3.05) is 0 Å². The van der Waals surface area contributed by atoms with E-state index in [1.807, 2.05) is 0 Å². The van der Waals surface area contributed by atoms with Crippen LogP contribution in [0.15, 0.2) is 21.6 Å². The van der Waals surface area contributed by atoms with Crippen LogP contribution in [-0.2, 0) is 24.4 Å². The van der Waals surface area contributed by atoms with Crippen LogP contribution in [0.5, 0.6) is 0 Å². The van der Waals surface area contributed by atoms with E-state index in [4.69, 9.17) is 0 Å². The van der Waals surface area contributed by atoms with E-state index in [1.165, 1.54) is 30.8 Å². The minimum atomic E-state index is 0. The molecule has 4 heteroatoms. The van der Waals surface area contributed by atoms with Gasteiger partial charge in [-0.15, -0.1) is 50.9 Å². The molecule has 1 aliphatic rings. The van der Waals surface area contributed by atoms with Crippen LogP contribution >= 0.6 is 50.9 Å². The molecule has 0 nitrogen and oxygen atoms in total. The Morgan fingerprint density at radius 2 is 1.78 bits per heavy atom. The Balaban J connectivity index is -0.000000120. The zero-order valence-corrected chi connectivity index (χ0v) is 13.4. The Hall–Kier alpha value is 1.79. The molecule has 0 N–H and O–H groups in total. The first-order chi connectivity index (χ1) is 2.89. The second-order valence-electron chi connectivity index (χ2n) is 1.32. The van der Waals surface area contributed by atoms with Crippen molar-refractivity contribution < 1.29 is 24.4 Å². The molecule has 0 saturated heterocycles. The van der Waals surface area contributed by atoms with Gasteiger partial charge in [-0.3, -0.25) is 0 Å². The third kappa shape index (κ3) is 7.69. The molecule has 0 amide bonds. The second-order valence-corrected chi connectivity index (χ2v) is 3.63. The molecule has 0 spiro atoms. The predicted molar refractivity (Wildman–Crippen MR) is 52.8 cm³/mol. The normalized spacial score (nSPS) is 12.1. The van der Waals surface area contributed by atoms with Gasteiger partial charge in [-0.05, 0) is 0 Å². The molecule has 0 heterocycles. The summed E-state index contributed by atoms with van der Waals surface area (Å²) in [4.78, 5) is 0. The van der Waals surface area contributed by atoms with Crippen LogP contribution in [0, 0.1) is 0 Å². The molecule has 0 unspecified atom stereocenters. The van der Waals surface area contributed by atoms with Gasteiger partial charge in [0.05, 0.1) is 0 Å². The number of allylic oxidation sites excluding steroid dienone is 4. The van der Waals surface area contributed by atoms with Crippen molar-refractivity contribution in [3.8, 4) is 0 Å². The van der Waals surface area contributed by atoms with Crippen LogP contribution < -0.4 is 0 Å². The quantitative estimate of drug-likeness (QED) is 0.462. The fourth-order valence-corrected chi connectivity index (χ4v) is 1.22. The van der Waals surface area contributed by atoms with E-state index in [9.17, 15) is 0 Å². The van der Waals surface area contributed by atoms with Gasteiger partial charge >= 0.3 is 52.4 Å². The number of hydrogen-bond donors (Lipinski definition) is 0. The second kappa shape index (κ2) is 9.79. The molecule has 0 aromatic heterocycles. The van der Waals surface area contributed by atoms with Crippen LogP contribution in [0.3, 0.4) is 0 Å². The third-order valence-electron chi connectivity index (χ3n) is 0.771. The van der Waals surface area contributed by atoms with Gasteiger partial charge in [-0.25, -0.2) is 0 Å². The van der Waals surface area contributed by atoms with Crippen LogP contribution in [0.4, 0.5) is 0 Å². The zero-order valence-electron chi connectivity index (χ0n) is 4.66. The average Bonchev–Trinajstić information content (AvgIpc) is 1.86. The van der Waals surface area contributed by atoms with E-state index >= 15 is 0 Å². The van der Waals surface area contributed by atoms with Crippen molar-refractivity contribution in [1.29, 1.82) is 0 Å². The average molecular weight is 486 g/mol. The van der Waals surface area contributed by atoms with Crippen molar-refractivity contribution in [2.24, 2.45) is 0 Å². The molecule has 0 aliphatic heterocycles. The molecule has 0 aromatic carbocycles. The maximum absolute atomic E-state index is 2.20. The first kappa shape index (κ1) is 17.0. The van der Waals surface area contributed by atoms with Crippen molar-refractivity contribution in [2.45, 2.75) is 6.42 Å². The Bertz CT molecular complexity index is 109. The number of halogens is 3. The summed E-state index contributed by atoms with van der Waals surface area (Å²) in [5.74, 6) is 0. The molecule has 9 heavy (non-hydrogen) atoms. The molecule has 1 rings (SSSR count). The van der Waals surface area contributed by atoms with Gasteiger partial charge < -0.3 is 0 Å². The molecule has 53 valence electrons. The van der Waals surface area contributed by atoms with E-state index in [2.05, 4.69) is 18.2 Å². The van der Waals surface area contributed by atoms with E-state index in [-0.39, 0.29) is 50.9 Å². The summed E-state index contributed by atoms with van der Waals surface area (Å²) in [6.07, 6.45) is 7.75. The van der Waals surface area contributed by atoms with Gasteiger partial charge in [0.25, 0.3) is 0 Å². The van der Waals surface area contributed by atoms with Crippen LogP contribution in [0.1, 0.15) is 6.42 Å². The number of hydrogen-bond acceptors (Lipinski definition) is 0. The third-order valence-corrected chi connectivity index (χ3v) is 2.10. The summed E-state index contributed by atoms with van der Waals surface area (Å²) in [5, 5.41) is 0. The summed E-state index contributed by atoms with van der Waals surface area (Å²) in [6.45, 7) is 0. The standard InChI is InChI=1S/C5H5.3BrH.Hf/c1-2-4-5-3-1;;;;/h1-3H,4H2;3*1H;. The Morgan fingerprint density at radius 3 is 1.89 bits per heavy atom. The Morgan fingerprint density at radius 1 is 1.22 bits per heavy atom. The summed E-state index contributed by atoms with van der Waals surface area (Å²) in [5.41, 5.74) is 0. The van der Waals surface area contributed by atoms with E-state index in [0.717, 1.165) is 0 Å². The van der Waals surface area contributed by atoms with Gasteiger partial charge in [0.2, 0.25) is 0 Å². The zero-order chi connectivity index (χ0) is 4.41. The van der Waals surface area contributed by atoms with Crippen molar-refractivity contribution in [1.82, 2.24) is 0 Å². The topological polar surface area (TPSA) is 0 Å². The van der Waals surface area contributed by atoms with Crippen LogP contribution in [0.2, 0.25) is 0 Å². The maximum atomic E-state index is 2.20. The molecule has 0 saturated carbocycles. The van der Waals surface area contributed by atoms with E-state index in [0.29, 0.717) is 0 Å². The van der Waals surface area contributed by atoms with E-state index < -0.39 is 0 Å². The summed E-state index contributed by atoms with van der Waals surface area (Å²) in [7, 11) is 0. The molecule has 0 radical (unpaired) electrons. The van der Waals surface area contributed by atoms with Gasteiger partial charge in [0, 0.05) is 0 Å². The van der Waals surface area contributed by atoms with Crippen LogP contribution in [-0.4, -0.2) is 0 Å². The molecule has 0 aromatic rings. The van der Waals surface area contributed by atoms with Gasteiger partial charge in [-0.2, -0.15) is 0 Å². The molecule has 1 aliphatic carbocycles. The monoisotopic (exact) mass is 485 g/mol. The van der Waals surface area contributed by atoms with Gasteiger partial charge in [0.1, 0.15) is 0 Å². The summed E-state index contributed by atoms with van der Waals surface area (Å²) < 4.78 is 1.61. The SMILES string of the molecule is Br.Br.Br.[Hf][C]1=CC=CC1. The minimum absolute atomic E-state index is 0. The van der Waals surface area contributed by atoms with E-state index in [1.54, 1.807) is 3.33 Å². The van der Waals surface area contributed by atoms with Gasteiger partial charge in [0.15, 0.2) is 0 Å². The Kier molecular flexibility index (Phi) is 18.5. The first-order valence-electron chi connectivity index (χ1n) is 1.97. The summed E-state index contributed by atoms with van der Waals surface area (Å²) in [6, 6.07) is 0. The van der Waals surface area contributed by atoms with Crippen LogP contribution in [0.25, 0.3) is 0 Å². The fourth-order valence-electron chi connectivity index (χ4n) is 0.447. The fraction of sp³-hybridized carbons (Fsp3) is 0.200. The van der Waals surface area contributed by atoms with Crippen molar-refractivity contribution in [3.63, 3.8) is 0 Å². The van der Waals surface area contributed by atoms with Crippen molar-refractivity contribution in [3.05, 3.63) is 21.6 Å². The first-order valence-corrected chi connectivity index (χ1v) is 3.76. The summed E-state index contributed by atoms with van der Waals surface area (Å²) >= 11 is 1.25. The molecule has 0 bridgehead atoms. The molecular formula is C5H8Br3Hf. The molecule has 0 fully saturated rings. The molecular weight excluding hydrogens is 478 g/mol. The predicted octanol–water partition coefficient (Wildman–Crippen LogP) is 3.11. The van der Waals surface area contributed by atoms with Crippen molar-refractivity contribution >= 4 is 50.9 Å². The Labute approximate surface area is 102 Å². The van der Waals surface area contributed by atoms with Gasteiger partial charge in [-0.1, -0.05) is 0 Å².